The summed E-state index contributed by atoms with van der Waals surface area (Å²) in [7, 11) is 1.68. The second-order valence-electron chi connectivity index (χ2n) is 4.80. The SMILES string of the molecule is COCCNCc1c(Cl)cccc1Oc1ccc(C)cc1. The van der Waals surface area contributed by atoms with Crippen molar-refractivity contribution in [3.8, 4) is 11.5 Å². The standard InChI is InChI=1S/C17H20ClNO2/c1-13-6-8-14(9-7-13)21-17-5-3-4-16(18)15(17)12-19-10-11-20-2/h3-9,19H,10-12H2,1-2H3. The number of halogens is 1. The molecule has 1 N–H and O–H groups in total. The fraction of sp³-hybridized carbons (Fsp3) is 0.294. The first-order chi connectivity index (χ1) is 10.2. The molecule has 2 aromatic rings. The van der Waals surface area contributed by atoms with E-state index in [9.17, 15) is 0 Å². The van der Waals surface area contributed by atoms with Gasteiger partial charge in [0.2, 0.25) is 0 Å². The number of hydrogen-bond donors (Lipinski definition) is 1. The minimum Gasteiger partial charge on any atom is -0.457 e. The van der Waals surface area contributed by atoms with Crippen LogP contribution in [0.25, 0.3) is 0 Å². The zero-order valence-corrected chi connectivity index (χ0v) is 13.1. The van der Waals surface area contributed by atoms with Crippen LogP contribution >= 0.6 is 11.6 Å². The Morgan fingerprint density at radius 1 is 1.10 bits per heavy atom. The lowest BCUT2D eigenvalue weighted by Crippen LogP contribution is -2.19. The fourth-order valence-corrected chi connectivity index (χ4v) is 2.16. The Labute approximate surface area is 130 Å². The number of hydrogen-bond acceptors (Lipinski definition) is 3. The molecule has 0 bridgehead atoms. The molecule has 0 fully saturated rings. The molecule has 0 aliphatic rings. The highest BCUT2D eigenvalue weighted by molar-refractivity contribution is 6.31. The zero-order valence-electron chi connectivity index (χ0n) is 12.4. The van der Waals surface area contributed by atoms with Crippen molar-refractivity contribution in [3.63, 3.8) is 0 Å². The topological polar surface area (TPSA) is 30.5 Å². The van der Waals surface area contributed by atoms with E-state index in [-0.39, 0.29) is 0 Å². The average molecular weight is 306 g/mol. The molecular weight excluding hydrogens is 286 g/mol. The second-order valence-corrected chi connectivity index (χ2v) is 5.21. The van der Waals surface area contributed by atoms with E-state index in [1.165, 1.54) is 5.56 Å². The van der Waals surface area contributed by atoms with Gasteiger partial charge in [-0.15, -0.1) is 0 Å². The lowest BCUT2D eigenvalue weighted by Gasteiger charge is -2.13. The summed E-state index contributed by atoms with van der Waals surface area (Å²) in [6, 6.07) is 13.7. The molecular formula is C17H20ClNO2. The molecule has 0 aliphatic carbocycles. The summed E-state index contributed by atoms with van der Waals surface area (Å²) < 4.78 is 11.0. The van der Waals surface area contributed by atoms with E-state index in [4.69, 9.17) is 21.1 Å². The summed E-state index contributed by atoms with van der Waals surface area (Å²) in [5.74, 6) is 1.58. The normalized spacial score (nSPS) is 10.6. The summed E-state index contributed by atoms with van der Waals surface area (Å²) in [6.45, 7) is 4.13. The van der Waals surface area contributed by atoms with Gasteiger partial charge in [-0.25, -0.2) is 0 Å². The Balaban J connectivity index is 2.11. The summed E-state index contributed by atoms with van der Waals surface area (Å²) in [5, 5.41) is 3.99. The van der Waals surface area contributed by atoms with Crippen LogP contribution in [0.15, 0.2) is 42.5 Å². The minimum absolute atomic E-state index is 0.643. The average Bonchev–Trinajstić information content (AvgIpc) is 2.48. The van der Waals surface area contributed by atoms with Crippen LogP contribution in [0.1, 0.15) is 11.1 Å². The summed E-state index contributed by atoms with van der Waals surface area (Å²) in [5.41, 5.74) is 2.16. The highest BCUT2D eigenvalue weighted by atomic mass is 35.5. The van der Waals surface area contributed by atoms with Gasteiger partial charge in [-0.05, 0) is 31.2 Å². The fourth-order valence-electron chi connectivity index (χ4n) is 1.93. The molecule has 2 aromatic carbocycles. The smallest absolute Gasteiger partial charge is 0.133 e. The van der Waals surface area contributed by atoms with Crippen LogP contribution in [-0.4, -0.2) is 20.3 Å². The molecule has 3 nitrogen and oxygen atoms in total. The van der Waals surface area contributed by atoms with Gasteiger partial charge in [0.15, 0.2) is 0 Å². The molecule has 0 aromatic heterocycles. The lowest BCUT2D eigenvalue weighted by atomic mass is 10.2. The van der Waals surface area contributed by atoms with E-state index >= 15 is 0 Å². The quantitative estimate of drug-likeness (QED) is 0.779. The number of nitrogens with one attached hydrogen (secondary N) is 1. The molecule has 0 unspecified atom stereocenters. The molecule has 0 saturated carbocycles. The zero-order chi connectivity index (χ0) is 15.1. The van der Waals surface area contributed by atoms with Gasteiger partial charge in [0.1, 0.15) is 11.5 Å². The molecule has 2 rings (SSSR count). The maximum absolute atomic E-state index is 6.28. The van der Waals surface area contributed by atoms with E-state index in [0.717, 1.165) is 23.6 Å². The second kappa shape index (κ2) is 8.03. The number of benzene rings is 2. The molecule has 4 heteroatoms. The van der Waals surface area contributed by atoms with E-state index in [1.54, 1.807) is 7.11 Å². The molecule has 0 atom stereocenters. The Kier molecular flexibility index (Phi) is 6.05. The van der Waals surface area contributed by atoms with Gasteiger partial charge in [-0.1, -0.05) is 35.4 Å². The molecule has 21 heavy (non-hydrogen) atoms. The molecule has 0 aliphatic heterocycles. The Morgan fingerprint density at radius 2 is 1.86 bits per heavy atom. The van der Waals surface area contributed by atoms with Gasteiger partial charge in [0, 0.05) is 30.8 Å². The van der Waals surface area contributed by atoms with Crippen LogP contribution < -0.4 is 10.1 Å². The van der Waals surface area contributed by atoms with Crippen molar-refractivity contribution in [1.29, 1.82) is 0 Å². The summed E-state index contributed by atoms with van der Waals surface area (Å²) >= 11 is 6.28. The number of rotatable bonds is 7. The monoisotopic (exact) mass is 305 g/mol. The number of ether oxygens (including phenoxy) is 2. The van der Waals surface area contributed by atoms with Crippen molar-refractivity contribution in [1.82, 2.24) is 5.32 Å². The van der Waals surface area contributed by atoms with Gasteiger partial charge in [0.05, 0.1) is 6.61 Å². The van der Waals surface area contributed by atoms with Crippen LogP contribution in [-0.2, 0) is 11.3 Å². The Morgan fingerprint density at radius 3 is 2.57 bits per heavy atom. The van der Waals surface area contributed by atoms with Gasteiger partial charge < -0.3 is 14.8 Å². The van der Waals surface area contributed by atoms with Crippen molar-refractivity contribution < 1.29 is 9.47 Å². The predicted octanol–water partition coefficient (Wildman–Crippen LogP) is 4.18. The first-order valence-electron chi connectivity index (χ1n) is 6.92. The van der Waals surface area contributed by atoms with Crippen LogP contribution in [0, 0.1) is 6.92 Å². The third-order valence-electron chi connectivity index (χ3n) is 3.11. The molecule has 0 saturated heterocycles. The predicted molar refractivity (Wildman–Crippen MR) is 86.3 cm³/mol. The Hall–Kier alpha value is -1.55. The maximum atomic E-state index is 6.28. The highest BCUT2D eigenvalue weighted by Gasteiger charge is 2.09. The van der Waals surface area contributed by atoms with Crippen LogP contribution in [0.5, 0.6) is 11.5 Å². The molecule has 0 heterocycles. The van der Waals surface area contributed by atoms with Crippen molar-refractivity contribution >= 4 is 11.6 Å². The molecule has 112 valence electrons. The minimum atomic E-state index is 0.643. The van der Waals surface area contributed by atoms with Crippen molar-refractivity contribution in [2.75, 3.05) is 20.3 Å². The third kappa shape index (κ3) is 4.74. The van der Waals surface area contributed by atoms with Gasteiger partial charge >= 0.3 is 0 Å². The summed E-state index contributed by atoms with van der Waals surface area (Å²) in [4.78, 5) is 0. The van der Waals surface area contributed by atoms with Crippen molar-refractivity contribution in [2.45, 2.75) is 13.5 Å². The molecule has 0 amide bonds. The summed E-state index contributed by atoms with van der Waals surface area (Å²) in [6.07, 6.45) is 0. The van der Waals surface area contributed by atoms with E-state index in [0.29, 0.717) is 18.2 Å². The number of methoxy groups -OCH3 is 1. The third-order valence-corrected chi connectivity index (χ3v) is 3.46. The lowest BCUT2D eigenvalue weighted by molar-refractivity contribution is 0.199. The first-order valence-corrected chi connectivity index (χ1v) is 7.30. The van der Waals surface area contributed by atoms with E-state index in [1.807, 2.05) is 49.4 Å². The molecule has 0 radical (unpaired) electrons. The van der Waals surface area contributed by atoms with Crippen molar-refractivity contribution in [3.05, 3.63) is 58.6 Å². The maximum Gasteiger partial charge on any atom is 0.133 e. The Bertz CT molecular complexity index is 570. The first kappa shape index (κ1) is 15.8. The van der Waals surface area contributed by atoms with Crippen LogP contribution in [0.4, 0.5) is 0 Å². The van der Waals surface area contributed by atoms with E-state index in [2.05, 4.69) is 5.32 Å². The van der Waals surface area contributed by atoms with Gasteiger partial charge in [-0.3, -0.25) is 0 Å². The van der Waals surface area contributed by atoms with Gasteiger partial charge in [-0.2, -0.15) is 0 Å². The van der Waals surface area contributed by atoms with Crippen LogP contribution in [0.3, 0.4) is 0 Å². The van der Waals surface area contributed by atoms with E-state index < -0.39 is 0 Å². The van der Waals surface area contributed by atoms with Crippen molar-refractivity contribution in [2.24, 2.45) is 0 Å². The highest BCUT2D eigenvalue weighted by Crippen LogP contribution is 2.30. The number of aryl methyl sites for hydroxylation is 1. The largest absolute Gasteiger partial charge is 0.457 e. The molecule has 0 spiro atoms. The van der Waals surface area contributed by atoms with Crippen LogP contribution in [0.2, 0.25) is 5.02 Å². The van der Waals surface area contributed by atoms with Gasteiger partial charge in [0.25, 0.3) is 0 Å².